The summed E-state index contributed by atoms with van der Waals surface area (Å²) in [6.07, 6.45) is 7.04. The quantitative estimate of drug-likeness (QED) is 0.247. The van der Waals surface area contributed by atoms with Crippen LogP contribution in [0, 0.1) is 0 Å². The monoisotopic (exact) mass is 551 g/mol. The van der Waals surface area contributed by atoms with Gasteiger partial charge in [0.25, 0.3) is 0 Å². The minimum Gasteiger partial charge on any atom is -0.349 e. The SMILES string of the molecule is C=CC(=O)N1CC(C)N(c2nc(=O)n3c4nc(c(Cl)cc24)-c2ccccc2C/C=C\Cc2ccccc2-3)CC1C. The molecule has 0 aliphatic carbocycles. The van der Waals surface area contributed by atoms with Gasteiger partial charge in [-0.2, -0.15) is 4.98 Å². The molecule has 4 aromatic rings. The average Bonchev–Trinajstić information content (AvgIpc) is 2.95. The van der Waals surface area contributed by atoms with Crippen molar-refractivity contribution in [1.82, 2.24) is 19.4 Å². The summed E-state index contributed by atoms with van der Waals surface area (Å²) in [5, 5.41) is 1.18. The summed E-state index contributed by atoms with van der Waals surface area (Å²) in [5.74, 6) is 0.423. The van der Waals surface area contributed by atoms with Gasteiger partial charge in [0, 0.05) is 30.7 Å². The highest BCUT2D eigenvalue weighted by Gasteiger charge is 2.33. The van der Waals surface area contributed by atoms with E-state index in [0.29, 0.717) is 47.1 Å². The van der Waals surface area contributed by atoms with Gasteiger partial charge in [-0.3, -0.25) is 4.79 Å². The fraction of sp³-hybridized carbons (Fsp3) is 0.250. The summed E-state index contributed by atoms with van der Waals surface area (Å²) >= 11 is 6.97. The Morgan fingerprint density at radius 1 is 0.975 bits per heavy atom. The summed E-state index contributed by atoms with van der Waals surface area (Å²) in [7, 11) is 0. The van der Waals surface area contributed by atoms with Crippen molar-refractivity contribution < 1.29 is 4.79 Å². The Bertz CT molecular complexity index is 1740. The number of rotatable bonds is 2. The molecule has 0 saturated carbocycles. The largest absolute Gasteiger partial charge is 0.355 e. The fourth-order valence-corrected chi connectivity index (χ4v) is 6.08. The Morgan fingerprint density at radius 3 is 2.45 bits per heavy atom. The molecular weight excluding hydrogens is 522 g/mol. The number of halogens is 1. The minimum atomic E-state index is -0.408. The molecule has 1 fully saturated rings. The van der Waals surface area contributed by atoms with Crippen LogP contribution >= 0.6 is 11.6 Å². The van der Waals surface area contributed by atoms with Crippen LogP contribution in [0.1, 0.15) is 25.0 Å². The summed E-state index contributed by atoms with van der Waals surface area (Å²) in [5.41, 5.74) is 4.52. The van der Waals surface area contributed by atoms with Crippen LogP contribution in [0.25, 0.3) is 28.0 Å². The average molecular weight is 552 g/mol. The summed E-state index contributed by atoms with van der Waals surface area (Å²) < 4.78 is 1.61. The number of amides is 1. The number of carbonyl (C=O) groups excluding carboxylic acids is 1. The van der Waals surface area contributed by atoms with E-state index in [9.17, 15) is 9.59 Å². The first kappa shape index (κ1) is 26.0. The maximum Gasteiger partial charge on any atom is 0.355 e. The molecule has 6 rings (SSSR count). The van der Waals surface area contributed by atoms with Gasteiger partial charge in [0.2, 0.25) is 5.91 Å². The number of para-hydroxylation sites is 1. The maximum absolute atomic E-state index is 13.9. The van der Waals surface area contributed by atoms with E-state index in [1.807, 2.05) is 62.4 Å². The van der Waals surface area contributed by atoms with Crippen LogP contribution in [0.4, 0.5) is 5.82 Å². The van der Waals surface area contributed by atoms with Gasteiger partial charge in [0.1, 0.15) is 5.82 Å². The van der Waals surface area contributed by atoms with Crippen LogP contribution < -0.4 is 10.6 Å². The second-order valence-corrected chi connectivity index (χ2v) is 10.9. The summed E-state index contributed by atoms with van der Waals surface area (Å²) in [4.78, 5) is 40.0. The summed E-state index contributed by atoms with van der Waals surface area (Å²) in [6.45, 7) is 8.67. The smallest absolute Gasteiger partial charge is 0.349 e. The van der Waals surface area contributed by atoms with E-state index in [1.54, 1.807) is 9.47 Å². The van der Waals surface area contributed by atoms with Crippen LogP contribution in [0.15, 0.2) is 84.2 Å². The third-order valence-corrected chi connectivity index (χ3v) is 8.15. The molecule has 7 nitrogen and oxygen atoms in total. The number of hydrogen-bond donors (Lipinski definition) is 0. The van der Waals surface area contributed by atoms with Crippen LogP contribution in [0.5, 0.6) is 0 Å². The molecule has 0 N–H and O–H groups in total. The van der Waals surface area contributed by atoms with Gasteiger partial charge in [-0.15, -0.1) is 0 Å². The highest BCUT2D eigenvalue weighted by Crippen LogP contribution is 2.36. The van der Waals surface area contributed by atoms with Crippen LogP contribution in [-0.4, -0.2) is 50.5 Å². The number of aromatic nitrogens is 3. The molecule has 2 aliphatic rings. The van der Waals surface area contributed by atoms with E-state index in [1.165, 1.54) is 6.08 Å². The van der Waals surface area contributed by atoms with Gasteiger partial charge >= 0.3 is 5.69 Å². The highest BCUT2D eigenvalue weighted by molar-refractivity contribution is 6.34. The predicted molar refractivity (Wildman–Crippen MR) is 160 cm³/mol. The Balaban J connectivity index is 1.63. The molecule has 2 unspecified atom stereocenters. The van der Waals surface area contributed by atoms with Gasteiger partial charge in [-0.25, -0.2) is 14.3 Å². The molecule has 0 radical (unpaired) electrons. The van der Waals surface area contributed by atoms with Gasteiger partial charge < -0.3 is 9.80 Å². The summed E-state index contributed by atoms with van der Waals surface area (Å²) in [6, 6.07) is 17.7. The number of hydrogen-bond acceptors (Lipinski definition) is 5. The van der Waals surface area contributed by atoms with Crippen molar-refractivity contribution in [3.05, 3.63) is 106 Å². The zero-order valence-corrected chi connectivity index (χ0v) is 23.3. The third-order valence-electron chi connectivity index (χ3n) is 7.86. The molecule has 1 amide bonds. The Labute approximate surface area is 238 Å². The number of piperazine rings is 1. The number of benzene rings is 2. The van der Waals surface area contributed by atoms with E-state index in [2.05, 4.69) is 34.7 Å². The van der Waals surface area contributed by atoms with E-state index >= 15 is 0 Å². The zero-order valence-electron chi connectivity index (χ0n) is 22.5. The van der Waals surface area contributed by atoms with Crippen molar-refractivity contribution in [2.24, 2.45) is 0 Å². The number of carbonyl (C=O) groups is 1. The Kier molecular flexibility index (Phi) is 6.76. The van der Waals surface area contributed by atoms with Crippen LogP contribution in [-0.2, 0) is 17.6 Å². The molecule has 8 heteroatoms. The van der Waals surface area contributed by atoms with Gasteiger partial charge in [0.05, 0.1) is 21.8 Å². The molecule has 40 heavy (non-hydrogen) atoms. The van der Waals surface area contributed by atoms with E-state index in [4.69, 9.17) is 16.6 Å². The van der Waals surface area contributed by atoms with Crippen molar-refractivity contribution in [1.29, 1.82) is 0 Å². The normalized spacial score (nSPS) is 19.4. The molecule has 2 aliphatic heterocycles. The van der Waals surface area contributed by atoms with Crippen LogP contribution in [0.2, 0.25) is 5.02 Å². The predicted octanol–water partition coefficient (Wildman–Crippen LogP) is 5.37. The van der Waals surface area contributed by atoms with Crippen LogP contribution in [0.3, 0.4) is 0 Å². The third kappa shape index (κ3) is 4.40. The first-order valence-electron chi connectivity index (χ1n) is 13.5. The first-order chi connectivity index (χ1) is 19.4. The van der Waals surface area contributed by atoms with Gasteiger partial charge in [0.15, 0.2) is 5.65 Å². The second kappa shape index (κ2) is 10.4. The van der Waals surface area contributed by atoms with E-state index in [-0.39, 0.29) is 18.0 Å². The fourth-order valence-electron chi connectivity index (χ4n) is 5.83. The lowest BCUT2D eigenvalue weighted by Crippen LogP contribution is -2.58. The molecule has 2 atom stereocenters. The van der Waals surface area contributed by atoms with E-state index < -0.39 is 5.69 Å². The number of anilines is 1. The number of pyridine rings is 1. The van der Waals surface area contributed by atoms with Crippen molar-refractivity contribution in [3.63, 3.8) is 0 Å². The molecule has 0 spiro atoms. The maximum atomic E-state index is 13.9. The molecule has 2 bridgehead atoms. The topological polar surface area (TPSA) is 71.3 Å². The first-order valence-corrected chi connectivity index (χ1v) is 13.9. The lowest BCUT2D eigenvalue weighted by Gasteiger charge is -2.44. The molecule has 1 saturated heterocycles. The molecular formula is C32H30ClN5O2. The number of nitrogens with zero attached hydrogens (tertiary/aromatic N) is 5. The molecule has 2 aromatic carbocycles. The van der Waals surface area contributed by atoms with E-state index in [0.717, 1.165) is 28.8 Å². The highest BCUT2D eigenvalue weighted by atomic mass is 35.5. The lowest BCUT2D eigenvalue weighted by atomic mass is 9.99. The number of allylic oxidation sites excluding steroid dienone is 2. The second-order valence-electron chi connectivity index (χ2n) is 10.5. The van der Waals surface area contributed by atoms with Crippen molar-refractivity contribution in [2.45, 2.75) is 38.8 Å². The molecule has 202 valence electrons. The lowest BCUT2D eigenvalue weighted by molar-refractivity contribution is -0.128. The molecule has 4 heterocycles. The van der Waals surface area contributed by atoms with Crippen molar-refractivity contribution in [3.8, 4) is 16.9 Å². The zero-order chi connectivity index (χ0) is 28.0. The van der Waals surface area contributed by atoms with Crippen molar-refractivity contribution >= 4 is 34.4 Å². The van der Waals surface area contributed by atoms with Crippen molar-refractivity contribution in [2.75, 3.05) is 18.0 Å². The Hall–Kier alpha value is -4.23. The minimum absolute atomic E-state index is 0.0896. The number of fused-ring (bicyclic) bond motifs is 5. The Morgan fingerprint density at radius 2 is 1.68 bits per heavy atom. The van der Waals surface area contributed by atoms with Gasteiger partial charge in [-0.1, -0.05) is 72.8 Å². The van der Waals surface area contributed by atoms with Gasteiger partial charge in [-0.05, 0) is 56.0 Å². The molecule has 2 aromatic heterocycles. The standard InChI is InChI=1S/C32H30ClN5O2/c1-4-28(39)36-18-21(3)37(19-20(36)2)30-25-17-26(33)29-24-15-9-7-12-22(24)11-5-6-13-23-14-8-10-16-27(23)38(31(25)34-29)32(40)35-30/h4-10,12,14-17,20-21H,1,11,13,18-19H2,2-3H3/b6-5-.